The van der Waals surface area contributed by atoms with Crippen molar-refractivity contribution in [2.75, 3.05) is 33.1 Å². The van der Waals surface area contributed by atoms with Crippen LogP contribution >= 0.6 is 0 Å². The third-order valence-electron chi connectivity index (χ3n) is 2.34. The lowest BCUT2D eigenvalue weighted by molar-refractivity contribution is 0.389. The zero-order chi connectivity index (χ0) is 12.0. The topological polar surface area (TPSA) is 37.4 Å². The van der Waals surface area contributed by atoms with Crippen LogP contribution < -0.4 is 10.1 Å². The normalized spacial score (nSPS) is 12.6. The van der Waals surface area contributed by atoms with E-state index in [9.17, 15) is 0 Å². The summed E-state index contributed by atoms with van der Waals surface area (Å²) in [6.07, 6.45) is 1.09. The lowest BCUT2D eigenvalue weighted by Gasteiger charge is -2.17. The molecule has 1 N–H and O–H groups in total. The molecule has 0 aromatic carbocycles. The molecule has 1 aromatic heterocycles. The fraction of sp³-hybridized carbons (Fsp3) is 0.583. The minimum absolute atomic E-state index is 0.405. The van der Waals surface area contributed by atoms with Crippen molar-refractivity contribution in [2.45, 2.75) is 19.4 Å². The Hall–Kier alpha value is -1.29. The smallest absolute Gasteiger partial charge is 0.214 e. The van der Waals surface area contributed by atoms with Crippen LogP contribution in [-0.2, 0) is 0 Å². The predicted molar refractivity (Wildman–Crippen MR) is 67.0 cm³/mol. The van der Waals surface area contributed by atoms with Gasteiger partial charge in [-0.25, -0.2) is 0 Å². The number of nitrogens with zero attached hydrogens (tertiary/aromatic N) is 2. The fourth-order valence-electron chi connectivity index (χ4n) is 1.39. The van der Waals surface area contributed by atoms with Crippen molar-refractivity contribution in [1.82, 2.24) is 9.88 Å². The van der Waals surface area contributed by atoms with Crippen LogP contribution in [0.3, 0.4) is 0 Å². The molecule has 0 spiro atoms. The van der Waals surface area contributed by atoms with Gasteiger partial charge in [-0.15, -0.1) is 0 Å². The van der Waals surface area contributed by atoms with Crippen LogP contribution in [0, 0.1) is 0 Å². The van der Waals surface area contributed by atoms with Gasteiger partial charge in [0.05, 0.1) is 7.11 Å². The Labute approximate surface area is 97.6 Å². The summed E-state index contributed by atoms with van der Waals surface area (Å²) in [4.78, 5) is 6.49. The van der Waals surface area contributed by atoms with Crippen LogP contribution in [0.2, 0.25) is 0 Å². The van der Waals surface area contributed by atoms with Crippen molar-refractivity contribution in [1.29, 1.82) is 0 Å². The number of nitrogens with one attached hydrogen (secondary N) is 1. The van der Waals surface area contributed by atoms with Crippen molar-refractivity contribution in [3.63, 3.8) is 0 Å². The van der Waals surface area contributed by atoms with Crippen molar-refractivity contribution < 1.29 is 4.74 Å². The van der Waals surface area contributed by atoms with E-state index in [0.717, 1.165) is 18.8 Å². The molecule has 0 saturated heterocycles. The van der Waals surface area contributed by atoms with Gasteiger partial charge >= 0.3 is 0 Å². The number of hydrogen-bond donors (Lipinski definition) is 1. The summed E-state index contributed by atoms with van der Waals surface area (Å²) in [6.45, 7) is 3.22. The second kappa shape index (κ2) is 6.33. The molecular weight excluding hydrogens is 202 g/mol. The molecule has 1 unspecified atom stereocenters. The van der Waals surface area contributed by atoms with Gasteiger partial charge in [0.25, 0.3) is 0 Å². The first-order chi connectivity index (χ1) is 7.61. The van der Waals surface area contributed by atoms with Crippen LogP contribution in [-0.4, -0.2) is 43.7 Å². The maximum Gasteiger partial charge on any atom is 0.214 e. The highest BCUT2D eigenvalue weighted by atomic mass is 16.5. The Bertz CT molecular complexity index is 315. The third kappa shape index (κ3) is 4.49. The number of ether oxygens (including phenoxy) is 1. The molecule has 1 aromatic rings. The number of hydrogen-bond acceptors (Lipinski definition) is 4. The Kier molecular flexibility index (Phi) is 5.05. The monoisotopic (exact) mass is 223 g/mol. The second-order valence-electron chi connectivity index (χ2n) is 4.20. The molecule has 0 aliphatic rings. The highest BCUT2D eigenvalue weighted by Gasteiger charge is 2.04. The molecule has 0 amide bonds. The van der Waals surface area contributed by atoms with Gasteiger partial charge in [-0.3, -0.25) is 0 Å². The SMILES string of the molecule is COc1cccc(NC(C)CCN(C)C)n1. The van der Waals surface area contributed by atoms with Crippen LogP contribution in [0.25, 0.3) is 0 Å². The van der Waals surface area contributed by atoms with Gasteiger partial charge in [-0.1, -0.05) is 6.07 Å². The lowest BCUT2D eigenvalue weighted by Crippen LogP contribution is -2.23. The average Bonchev–Trinajstić information content (AvgIpc) is 2.26. The summed E-state index contributed by atoms with van der Waals surface area (Å²) in [7, 11) is 5.79. The summed E-state index contributed by atoms with van der Waals surface area (Å²) in [5.41, 5.74) is 0. The van der Waals surface area contributed by atoms with Crippen LogP contribution in [0.5, 0.6) is 5.88 Å². The predicted octanol–water partition coefficient (Wildman–Crippen LogP) is 1.84. The van der Waals surface area contributed by atoms with Gasteiger partial charge in [-0.2, -0.15) is 4.98 Å². The van der Waals surface area contributed by atoms with Crippen molar-refractivity contribution in [3.05, 3.63) is 18.2 Å². The van der Waals surface area contributed by atoms with Crippen LogP contribution in [0.4, 0.5) is 5.82 Å². The number of pyridine rings is 1. The molecule has 0 fully saturated rings. The highest BCUT2D eigenvalue weighted by Crippen LogP contribution is 2.12. The number of anilines is 1. The first-order valence-corrected chi connectivity index (χ1v) is 5.54. The molecule has 0 bridgehead atoms. The molecule has 0 radical (unpaired) electrons. The minimum Gasteiger partial charge on any atom is -0.481 e. The van der Waals surface area contributed by atoms with E-state index in [1.165, 1.54) is 0 Å². The van der Waals surface area contributed by atoms with Crippen molar-refractivity contribution >= 4 is 5.82 Å². The Balaban J connectivity index is 2.45. The summed E-state index contributed by atoms with van der Waals surface area (Å²) in [5, 5.41) is 3.35. The standard InChI is InChI=1S/C12H21N3O/c1-10(8-9-15(2)3)13-11-6-5-7-12(14-11)16-4/h5-7,10H,8-9H2,1-4H3,(H,13,14). The van der Waals surface area contributed by atoms with Gasteiger partial charge in [0.1, 0.15) is 5.82 Å². The zero-order valence-electron chi connectivity index (χ0n) is 10.5. The van der Waals surface area contributed by atoms with E-state index in [0.29, 0.717) is 11.9 Å². The summed E-state index contributed by atoms with van der Waals surface area (Å²) >= 11 is 0. The summed E-state index contributed by atoms with van der Waals surface area (Å²) in [6, 6.07) is 6.14. The quantitative estimate of drug-likeness (QED) is 0.798. The van der Waals surface area contributed by atoms with E-state index < -0.39 is 0 Å². The molecule has 90 valence electrons. The number of rotatable bonds is 6. The molecule has 1 atom stereocenters. The van der Waals surface area contributed by atoms with E-state index in [1.54, 1.807) is 7.11 Å². The fourth-order valence-corrected chi connectivity index (χ4v) is 1.39. The molecule has 1 heterocycles. The maximum atomic E-state index is 5.08. The summed E-state index contributed by atoms with van der Waals surface area (Å²) in [5.74, 6) is 1.51. The molecule has 4 heteroatoms. The van der Waals surface area contributed by atoms with Gasteiger partial charge < -0.3 is 15.0 Å². The van der Waals surface area contributed by atoms with Gasteiger partial charge in [0.15, 0.2) is 0 Å². The van der Waals surface area contributed by atoms with E-state index >= 15 is 0 Å². The van der Waals surface area contributed by atoms with E-state index in [1.807, 2.05) is 18.2 Å². The van der Waals surface area contributed by atoms with Gasteiger partial charge in [-0.05, 0) is 40.1 Å². The zero-order valence-corrected chi connectivity index (χ0v) is 10.5. The molecule has 0 aliphatic carbocycles. The Morgan fingerprint density at radius 2 is 2.19 bits per heavy atom. The maximum absolute atomic E-state index is 5.08. The molecule has 4 nitrogen and oxygen atoms in total. The largest absolute Gasteiger partial charge is 0.481 e. The molecular formula is C12H21N3O. The molecule has 1 rings (SSSR count). The lowest BCUT2D eigenvalue weighted by atomic mass is 10.2. The minimum atomic E-state index is 0.405. The van der Waals surface area contributed by atoms with Crippen LogP contribution in [0.1, 0.15) is 13.3 Å². The third-order valence-corrected chi connectivity index (χ3v) is 2.34. The molecule has 0 aliphatic heterocycles. The van der Waals surface area contributed by atoms with Gasteiger partial charge in [0, 0.05) is 12.1 Å². The first kappa shape index (κ1) is 12.8. The highest BCUT2D eigenvalue weighted by molar-refractivity contribution is 5.37. The van der Waals surface area contributed by atoms with E-state index in [2.05, 4.69) is 36.2 Å². The van der Waals surface area contributed by atoms with Crippen molar-refractivity contribution in [2.24, 2.45) is 0 Å². The Morgan fingerprint density at radius 3 is 2.81 bits per heavy atom. The molecule has 0 saturated carbocycles. The average molecular weight is 223 g/mol. The number of aromatic nitrogens is 1. The van der Waals surface area contributed by atoms with Crippen molar-refractivity contribution in [3.8, 4) is 5.88 Å². The first-order valence-electron chi connectivity index (χ1n) is 5.54. The van der Waals surface area contributed by atoms with Crippen LogP contribution in [0.15, 0.2) is 18.2 Å². The summed E-state index contributed by atoms with van der Waals surface area (Å²) < 4.78 is 5.08. The van der Waals surface area contributed by atoms with E-state index in [-0.39, 0.29) is 0 Å². The number of methoxy groups -OCH3 is 1. The van der Waals surface area contributed by atoms with Gasteiger partial charge in [0.2, 0.25) is 5.88 Å². The second-order valence-corrected chi connectivity index (χ2v) is 4.20. The Morgan fingerprint density at radius 1 is 1.44 bits per heavy atom. The van der Waals surface area contributed by atoms with E-state index in [4.69, 9.17) is 4.74 Å². The molecule has 16 heavy (non-hydrogen) atoms.